The summed E-state index contributed by atoms with van der Waals surface area (Å²) in [6, 6.07) is 10.2. The molecule has 0 aliphatic heterocycles. The summed E-state index contributed by atoms with van der Waals surface area (Å²) in [5, 5.41) is 0.488. The number of hydrogen-bond donors (Lipinski definition) is 1. The summed E-state index contributed by atoms with van der Waals surface area (Å²) in [6.07, 6.45) is 0.994. The van der Waals surface area contributed by atoms with Gasteiger partial charge in [-0.2, -0.15) is 0 Å². The van der Waals surface area contributed by atoms with Gasteiger partial charge in [-0.3, -0.25) is 0 Å². The van der Waals surface area contributed by atoms with Crippen molar-refractivity contribution >= 4 is 43.1 Å². The topological polar surface area (TPSA) is 80.3 Å². The van der Waals surface area contributed by atoms with E-state index in [0.29, 0.717) is 10.6 Å². The van der Waals surface area contributed by atoms with E-state index in [4.69, 9.17) is 23.2 Å². The third-order valence-electron chi connectivity index (χ3n) is 3.00. The van der Waals surface area contributed by atoms with Crippen LogP contribution in [-0.4, -0.2) is 23.1 Å². The largest absolute Gasteiger partial charge is 0.242 e. The van der Waals surface area contributed by atoms with Crippen LogP contribution in [0.1, 0.15) is 5.56 Å². The van der Waals surface area contributed by atoms with E-state index < -0.39 is 19.9 Å². The van der Waals surface area contributed by atoms with Gasteiger partial charge in [-0.15, -0.1) is 0 Å². The first-order valence-corrected chi connectivity index (χ1v) is 10.5. The van der Waals surface area contributed by atoms with E-state index in [1.165, 1.54) is 12.1 Å². The SMILES string of the molecule is CS(=O)(=O)c1ccc(Cl)c(S(=O)(=O)NCc2ccc(Cl)cc2)c1. The smallest absolute Gasteiger partial charge is 0.224 e. The van der Waals surface area contributed by atoms with Crippen LogP contribution in [0, 0.1) is 0 Å². The highest BCUT2D eigenvalue weighted by Gasteiger charge is 2.20. The second-order valence-corrected chi connectivity index (χ2v) is 9.41. The molecule has 0 spiro atoms. The minimum Gasteiger partial charge on any atom is -0.224 e. The Morgan fingerprint density at radius 3 is 2.13 bits per heavy atom. The molecule has 0 atom stereocenters. The van der Waals surface area contributed by atoms with Crippen molar-refractivity contribution in [1.29, 1.82) is 0 Å². The molecule has 0 radical (unpaired) electrons. The number of sulfonamides is 1. The van der Waals surface area contributed by atoms with Crippen molar-refractivity contribution in [2.45, 2.75) is 16.3 Å². The third-order valence-corrected chi connectivity index (χ3v) is 6.24. The molecule has 5 nitrogen and oxygen atoms in total. The van der Waals surface area contributed by atoms with Crippen molar-refractivity contribution in [2.24, 2.45) is 0 Å². The van der Waals surface area contributed by atoms with Crippen LogP contribution in [0.2, 0.25) is 10.0 Å². The average Bonchev–Trinajstić information content (AvgIpc) is 2.46. The highest BCUT2D eigenvalue weighted by molar-refractivity contribution is 7.91. The molecule has 9 heteroatoms. The number of rotatable bonds is 5. The Kier molecular flexibility index (Phi) is 5.37. The molecule has 0 saturated carbocycles. The monoisotopic (exact) mass is 393 g/mol. The maximum atomic E-state index is 12.4. The minimum absolute atomic E-state index is 0.0267. The van der Waals surface area contributed by atoms with Gasteiger partial charge in [0.15, 0.2) is 9.84 Å². The molecule has 0 aliphatic rings. The van der Waals surface area contributed by atoms with Gasteiger partial charge in [-0.1, -0.05) is 35.3 Å². The zero-order valence-corrected chi connectivity index (χ0v) is 15.1. The lowest BCUT2D eigenvalue weighted by atomic mass is 10.2. The summed E-state index contributed by atoms with van der Waals surface area (Å²) < 4.78 is 50.2. The van der Waals surface area contributed by atoms with E-state index in [1.54, 1.807) is 24.3 Å². The number of hydrogen-bond acceptors (Lipinski definition) is 4. The Morgan fingerprint density at radius 2 is 1.57 bits per heavy atom. The predicted octanol–water partition coefficient (Wildman–Crippen LogP) is 2.88. The van der Waals surface area contributed by atoms with Crippen LogP contribution >= 0.6 is 23.2 Å². The summed E-state index contributed by atoms with van der Waals surface area (Å²) in [4.78, 5) is -0.398. The fourth-order valence-electron chi connectivity index (χ4n) is 1.78. The second kappa shape index (κ2) is 6.78. The van der Waals surface area contributed by atoms with Gasteiger partial charge in [-0.25, -0.2) is 21.6 Å². The van der Waals surface area contributed by atoms with Gasteiger partial charge in [0.1, 0.15) is 4.90 Å². The molecule has 2 aromatic rings. The van der Waals surface area contributed by atoms with E-state index >= 15 is 0 Å². The van der Waals surface area contributed by atoms with Crippen molar-refractivity contribution in [2.75, 3.05) is 6.26 Å². The first kappa shape index (κ1) is 18.2. The molecule has 0 fully saturated rings. The first-order chi connectivity index (χ1) is 10.6. The molecule has 0 bridgehead atoms. The van der Waals surface area contributed by atoms with Gasteiger partial charge in [-0.05, 0) is 35.9 Å². The number of halogens is 2. The lowest BCUT2D eigenvalue weighted by Gasteiger charge is -2.10. The fourth-order valence-corrected chi connectivity index (χ4v) is 4.17. The molecule has 23 heavy (non-hydrogen) atoms. The van der Waals surface area contributed by atoms with Crippen LogP contribution in [0.4, 0.5) is 0 Å². The zero-order chi connectivity index (χ0) is 17.3. The Morgan fingerprint density at radius 1 is 0.957 bits per heavy atom. The standard InChI is InChI=1S/C14H13Cl2NO4S2/c1-22(18,19)12-6-7-13(16)14(8-12)23(20,21)17-9-10-2-4-11(15)5-3-10/h2-8,17H,9H2,1H3. The van der Waals surface area contributed by atoms with E-state index in [2.05, 4.69) is 4.72 Å². The quantitative estimate of drug-likeness (QED) is 0.846. The summed E-state index contributed by atoms with van der Waals surface area (Å²) in [6.45, 7) is 0.0267. The molecule has 2 rings (SSSR count). The third kappa shape index (κ3) is 4.68. The van der Waals surface area contributed by atoms with E-state index in [0.717, 1.165) is 12.3 Å². The Hall–Kier alpha value is -1.12. The van der Waals surface area contributed by atoms with Crippen LogP contribution in [0.5, 0.6) is 0 Å². The van der Waals surface area contributed by atoms with E-state index in [-0.39, 0.29) is 21.4 Å². The molecule has 1 N–H and O–H groups in total. The molecule has 0 heterocycles. The van der Waals surface area contributed by atoms with Gasteiger partial charge in [0, 0.05) is 17.8 Å². The lowest BCUT2D eigenvalue weighted by molar-refractivity contribution is 0.581. The molecule has 0 aliphatic carbocycles. The first-order valence-electron chi connectivity index (χ1n) is 6.33. The van der Waals surface area contributed by atoms with Crippen LogP contribution in [-0.2, 0) is 26.4 Å². The number of sulfone groups is 1. The van der Waals surface area contributed by atoms with Crippen molar-refractivity contribution in [3.8, 4) is 0 Å². The van der Waals surface area contributed by atoms with Crippen molar-refractivity contribution in [3.05, 3.63) is 58.1 Å². The molecular formula is C14H13Cl2NO4S2. The Balaban J connectivity index is 2.30. The van der Waals surface area contributed by atoms with Crippen LogP contribution in [0.3, 0.4) is 0 Å². The normalized spacial score (nSPS) is 12.3. The van der Waals surface area contributed by atoms with E-state index in [1.807, 2.05) is 0 Å². The number of benzene rings is 2. The molecule has 0 amide bonds. The van der Waals surface area contributed by atoms with Gasteiger partial charge >= 0.3 is 0 Å². The Bertz CT molecular complexity index is 924. The molecule has 0 saturated heterocycles. The zero-order valence-electron chi connectivity index (χ0n) is 12.0. The van der Waals surface area contributed by atoms with Crippen molar-refractivity contribution in [1.82, 2.24) is 4.72 Å². The molecule has 124 valence electrons. The maximum Gasteiger partial charge on any atom is 0.242 e. The van der Waals surface area contributed by atoms with Crippen LogP contribution < -0.4 is 4.72 Å². The summed E-state index contributed by atoms with van der Waals surface area (Å²) in [7, 11) is -7.50. The minimum atomic E-state index is -3.96. The molecular weight excluding hydrogens is 381 g/mol. The summed E-state index contributed by atoms with van der Waals surface area (Å²) in [5.41, 5.74) is 0.702. The van der Waals surface area contributed by atoms with Gasteiger partial charge in [0.2, 0.25) is 10.0 Å². The fraction of sp³-hybridized carbons (Fsp3) is 0.143. The molecule has 0 aromatic heterocycles. The average molecular weight is 394 g/mol. The highest BCUT2D eigenvalue weighted by atomic mass is 35.5. The maximum absolute atomic E-state index is 12.4. The second-order valence-electron chi connectivity index (χ2n) is 4.82. The van der Waals surface area contributed by atoms with Crippen molar-refractivity contribution < 1.29 is 16.8 Å². The molecule has 2 aromatic carbocycles. The summed E-state index contributed by atoms with van der Waals surface area (Å²) in [5.74, 6) is 0. The predicted molar refractivity (Wildman–Crippen MR) is 90.0 cm³/mol. The van der Waals surface area contributed by atoms with Crippen molar-refractivity contribution in [3.63, 3.8) is 0 Å². The highest BCUT2D eigenvalue weighted by Crippen LogP contribution is 2.25. The van der Waals surface area contributed by atoms with Crippen LogP contribution in [0.25, 0.3) is 0 Å². The lowest BCUT2D eigenvalue weighted by Crippen LogP contribution is -2.23. The van der Waals surface area contributed by atoms with Gasteiger partial charge in [0.25, 0.3) is 0 Å². The Labute approximate surface area is 145 Å². The number of nitrogens with one attached hydrogen (secondary N) is 1. The van der Waals surface area contributed by atoms with Crippen LogP contribution in [0.15, 0.2) is 52.3 Å². The summed E-state index contributed by atoms with van der Waals surface area (Å²) >= 11 is 11.7. The van der Waals surface area contributed by atoms with Gasteiger partial charge < -0.3 is 0 Å². The van der Waals surface area contributed by atoms with E-state index in [9.17, 15) is 16.8 Å². The van der Waals surface area contributed by atoms with Gasteiger partial charge in [0.05, 0.1) is 9.92 Å². The molecule has 0 unspecified atom stereocenters.